The fourth-order valence-electron chi connectivity index (χ4n) is 0.762. The highest BCUT2D eigenvalue weighted by atomic mass is 32.1. The maximum absolute atomic E-state index is 11.2. The van der Waals surface area contributed by atoms with Gasteiger partial charge in [0.25, 0.3) is 0 Å². The summed E-state index contributed by atoms with van der Waals surface area (Å²) in [6, 6.07) is 0. The molecule has 0 radical (unpaired) electrons. The maximum Gasteiger partial charge on any atom is 0.360 e. The van der Waals surface area contributed by atoms with Crippen molar-refractivity contribution in [2.45, 2.75) is 0 Å². The van der Waals surface area contributed by atoms with Gasteiger partial charge in [-0.05, 0) is 17.6 Å². The summed E-state index contributed by atoms with van der Waals surface area (Å²) in [7, 11) is 5.10. The number of hydrogen-bond donors (Lipinski definition) is 0. The summed E-state index contributed by atoms with van der Waals surface area (Å²) in [5, 5.41) is 3.69. The number of ether oxygens (including phenoxy) is 1. The summed E-state index contributed by atoms with van der Waals surface area (Å²) in [4.78, 5) is 13.7. The van der Waals surface area contributed by atoms with Crippen LogP contribution in [0, 0.1) is 0 Å². The molecule has 6 heteroatoms. The first-order valence-electron chi connectivity index (χ1n) is 3.90. The van der Waals surface area contributed by atoms with Gasteiger partial charge in [0, 0.05) is 20.3 Å². The number of hydrogen-bond acceptors (Lipinski definition) is 6. The van der Waals surface area contributed by atoms with E-state index in [4.69, 9.17) is 0 Å². The molecule has 14 heavy (non-hydrogen) atoms. The highest BCUT2D eigenvalue weighted by molar-refractivity contribution is 7.06. The molecule has 0 atom stereocenters. The molecule has 0 aromatic carbocycles. The molecule has 1 aromatic heterocycles. The fourth-order valence-corrected chi connectivity index (χ4v) is 1.30. The number of aromatic nitrogens is 2. The van der Waals surface area contributed by atoms with E-state index >= 15 is 0 Å². The molecule has 0 amide bonds. The van der Waals surface area contributed by atoms with Crippen LogP contribution in [-0.4, -0.2) is 41.7 Å². The van der Waals surface area contributed by atoms with Crippen molar-refractivity contribution < 1.29 is 9.53 Å². The van der Waals surface area contributed by atoms with E-state index in [1.54, 1.807) is 6.08 Å². The standard InChI is InChI=1S/C8H11N3O2S/c1-11(2)5-4-6-7(8(12)13-3)9-10-14-6/h4-5H,1-3H3/b5-4+. The van der Waals surface area contributed by atoms with Gasteiger partial charge in [0.15, 0.2) is 5.69 Å². The minimum atomic E-state index is -0.461. The van der Waals surface area contributed by atoms with E-state index in [9.17, 15) is 4.79 Å². The van der Waals surface area contributed by atoms with Crippen molar-refractivity contribution in [3.05, 3.63) is 16.8 Å². The van der Waals surface area contributed by atoms with Gasteiger partial charge in [-0.2, -0.15) is 0 Å². The largest absolute Gasteiger partial charge is 0.464 e. The normalized spacial score (nSPS) is 10.5. The molecule has 0 saturated heterocycles. The van der Waals surface area contributed by atoms with E-state index < -0.39 is 5.97 Å². The van der Waals surface area contributed by atoms with Crippen LogP contribution < -0.4 is 0 Å². The summed E-state index contributed by atoms with van der Waals surface area (Å²) in [6.07, 6.45) is 3.60. The second kappa shape index (κ2) is 4.71. The molecule has 0 saturated carbocycles. The van der Waals surface area contributed by atoms with Crippen LogP contribution in [0.5, 0.6) is 0 Å². The number of methoxy groups -OCH3 is 1. The molecule has 5 nitrogen and oxygen atoms in total. The predicted molar refractivity (Wildman–Crippen MR) is 54.0 cm³/mol. The molecule has 0 aliphatic carbocycles. The average molecular weight is 213 g/mol. The molecule has 0 fully saturated rings. The molecular weight excluding hydrogens is 202 g/mol. The lowest BCUT2D eigenvalue weighted by Crippen LogP contribution is -2.04. The van der Waals surface area contributed by atoms with Crippen molar-refractivity contribution in [3.8, 4) is 0 Å². The van der Waals surface area contributed by atoms with E-state index in [0.717, 1.165) is 11.5 Å². The van der Waals surface area contributed by atoms with Gasteiger partial charge in [0.2, 0.25) is 0 Å². The van der Waals surface area contributed by atoms with Gasteiger partial charge in [-0.25, -0.2) is 4.79 Å². The third-order valence-corrected chi connectivity index (χ3v) is 2.11. The number of rotatable bonds is 3. The first-order valence-corrected chi connectivity index (χ1v) is 4.67. The molecule has 0 bridgehead atoms. The molecule has 0 spiro atoms. The van der Waals surface area contributed by atoms with Gasteiger partial charge in [0.1, 0.15) is 0 Å². The summed E-state index contributed by atoms with van der Waals surface area (Å²) in [5.74, 6) is -0.461. The van der Waals surface area contributed by atoms with Gasteiger partial charge >= 0.3 is 5.97 Å². The van der Waals surface area contributed by atoms with E-state index in [0.29, 0.717) is 4.88 Å². The number of carbonyl (C=O) groups excluding carboxylic acids is 1. The SMILES string of the molecule is COC(=O)c1nnsc1/C=C/N(C)C. The Morgan fingerprint density at radius 3 is 2.86 bits per heavy atom. The highest BCUT2D eigenvalue weighted by Gasteiger charge is 2.14. The third kappa shape index (κ3) is 2.53. The molecule has 76 valence electrons. The second-order valence-electron chi connectivity index (χ2n) is 2.76. The van der Waals surface area contributed by atoms with Crippen LogP contribution in [0.1, 0.15) is 15.4 Å². The molecular formula is C8H11N3O2S. The molecule has 1 aromatic rings. The molecule has 0 aliphatic rings. The Labute approximate surface area is 86.2 Å². The Kier molecular flexibility index (Phi) is 3.58. The average Bonchev–Trinajstić information content (AvgIpc) is 2.61. The molecule has 0 N–H and O–H groups in total. The fraction of sp³-hybridized carbons (Fsp3) is 0.375. The van der Waals surface area contributed by atoms with Crippen molar-refractivity contribution in [2.24, 2.45) is 0 Å². The van der Waals surface area contributed by atoms with Crippen molar-refractivity contribution in [1.82, 2.24) is 14.5 Å². The Hall–Kier alpha value is -1.43. The van der Waals surface area contributed by atoms with Crippen molar-refractivity contribution in [2.75, 3.05) is 21.2 Å². The topological polar surface area (TPSA) is 55.3 Å². The summed E-state index contributed by atoms with van der Waals surface area (Å²) < 4.78 is 8.25. The highest BCUT2D eigenvalue weighted by Crippen LogP contribution is 2.13. The smallest absolute Gasteiger partial charge is 0.360 e. The summed E-state index contributed by atoms with van der Waals surface area (Å²) in [5.41, 5.74) is 0.260. The zero-order valence-electron chi connectivity index (χ0n) is 8.22. The van der Waals surface area contributed by atoms with Gasteiger partial charge in [0.05, 0.1) is 12.0 Å². The predicted octanol–water partition coefficient (Wildman–Crippen LogP) is 0.857. The number of carbonyl (C=O) groups is 1. The van der Waals surface area contributed by atoms with E-state index in [1.165, 1.54) is 7.11 Å². The molecule has 0 aliphatic heterocycles. The Morgan fingerprint density at radius 1 is 1.57 bits per heavy atom. The lowest BCUT2D eigenvalue weighted by Gasteiger charge is -2.02. The van der Waals surface area contributed by atoms with Gasteiger partial charge in [-0.15, -0.1) is 5.10 Å². The first kappa shape index (κ1) is 10.6. The number of esters is 1. The van der Waals surface area contributed by atoms with E-state index in [2.05, 4.69) is 14.3 Å². The Morgan fingerprint density at radius 2 is 2.29 bits per heavy atom. The maximum atomic E-state index is 11.2. The van der Waals surface area contributed by atoms with Crippen molar-refractivity contribution >= 4 is 23.6 Å². The van der Waals surface area contributed by atoms with Gasteiger partial charge in [-0.3, -0.25) is 0 Å². The second-order valence-corrected chi connectivity index (χ2v) is 3.54. The van der Waals surface area contributed by atoms with E-state index in [-0.39, 0.29) is 5.69 Å². The van der Waals surface area contributed by atoms with Crippen molar-refractivity contribution in [3.63, 3.8) is 0 Å². The minimum Gasteiger partial charge on any atom is -0.464 e. The van der Waals surface area contributed by atoms with Crippen LogP contribution >= 0.6 is 11.5 Å². The van der Waals surface area contributed by atoms with Crippen LogP contribution in [0.25, 0.3) is 6.08 Å². The van der Waals surface area contributed by atoms with Crippen LogP contribution in [0.3, 0.4) is 0 Å². The minimum absolute atomic E-state index is 0.260. The van der Waals surface area contributed by atoms with Crippen molar-refractivity contribution in [1.29, 1.82) is 0 Å². The lowest BCUT2D eigenvalue weighted by atomic mass is 10.3. The zero-order chi connectivity index (χ0) is 10.6. The monoisotopic (exact) mass is 213 g/mol. The summed E-state index contributed by atoms with van der Waals surface area (Å²) >= 11 is 1.16. The molecule has 1 rings (SSSR count). The van der Waals surface area contributed by atoms with Gasteiger partial charge < -0.3 is 9.64 Å². The zero-order valence-corrected chi connectivity index (χ0v) is 9.04. The van der Waals surface area contributed by atoms with E-state index in [1.807, 2.05) is 25.2 Å². The quantitative estimate of drug-likeness (QED) is 0.697. The molecule has 1 heterocycles. The van der Waals surface area contributed by atoms with Crippen LogP contribution in [0.2, 0.25) is 0 Å². The number of nitrogens with zero attached hydrogens (tertiary/aromatic N) is 3. The first-order chi connectivity index (χ1) is 6.65. The van der Waals surface area contributed by atoms with Crippen LogP contribution in [-0.2, 0) is 4.74 Å². The Bertz CT molecular complexity index is 346. The summed E-state index contributed by atoms with van der Waals surface area (Å²) in [6.45, 7) is 0. The van der Waals surface area contributed by atoms with Crippen LogP contribution in [0.4, 0.5) is 0 Å². The van der Waals surface area contributed by atoms with Crippen LogP contribution in [0.15, 0.2) is 6.20 Å². The Balaban J connectivity index is 2.88. The molecule has 0 unspecified atom stereocenters. The van der Waals surface area contributed by atoms with Gasteiger partial charge in [-0.1, -0.05) is 4.49 Å². The third-order valence-electron chi connectivity index (χ3n) is 1.42. The lowest BCUT2D eigenvalue weighted by molar-refractivity contribution is 0.0594.